The Bertz CT molecular complexity index is 195. The third-order valence-corrected chi connectivity index (χ3v) is 3.73. The summed E-state index contributed by atoms with van der Waals surface area (Å²) in [7, 11) is 0. The molecule has 0 aromatic heterocycles. The van der Waals surface area contributed by atoms with E-state index in [-0.39, 0.29) is 64.6 Å². The average Bonchev–Trinajstić information content (AvgIpc) is 2.39. The van der Waals surface area contributed by atoms with Gasteiger partial charge in [-0.2, -0.15) is 0 Å². The van der Waals surface area contributed by atoms with Crippen molar-refractivity contribution < 1.29 is 68.1 Å². The number of carboxylic acids is 1. The van der Waals surface area contributed by atoms with Gasteiger partial charge in [0.1, 0.15) is 0 Å². The molecule has 0 saturated heterocycles. The zero-order chi connectivity index (χ0) is 14.2. The molecule has 0 aromatic carbocycles. The number of unbranched alkanes of at least 4 members (excludes halogenated alkanes) is 13. The molecule has 0 heterocycles. The summed E-state index contributed by atoms with van der Waals surface area (Å²) in [6, 6.07) is 0. The fourth-order valence-electron chi connectivity index (χ4n) is 2.46. The summed E-state index contributed by atoms with van der Waals surface area (Å²) in [5.74, 6) is -0.904. The zero-order valence-corrected chi connectivity index (χ0v) is 18.8. The molecule has 2 nitrogen and oxygen atoms in total. The first kappa shape index (κ1) is 23.5. The Kier molecular flexibility index (Phi) is 23.9. The Morgan fingerprint density at radius 2 is 0.950 bits per heavy atom. The van der Waals surface area contributed by atoms with Crippen LogP contribution < -0.4 is 63.3 Å². The fraction of sp³-hybridized carbons (Fsp3) is 0.941. The van der Waals surface area contributed by atoms with E-state index in [2.05, 4.69) is 6.92 Å². The molecule has 0 aliphatic carbocycles. The maximum atomic E-state index is 10.2. The van der Waals surface area contributed by atoms with Gasteiger partial charge in [-0.3, -0.25) is 0 Å². The van der Waals surface area contributed by atoms with E-state index in [1.807, 2.05) is 0 Å². The molecule has 0 amide bonds. The van der Waals surface area contributed by atoms with Gasteiger partial charge in [0.2, 0.25) is 0 Å². The Morgan fingerprint density at radius 1 is 0.650 bits per heavy atom. The van der Waals surface area contributed by atoms with E-state index in [1.54, 1.807) is 0 Å². The summed E-state index contributed by atoms with van der Waals surface area (Å²) in [5.41, 5.74) is 0. The number of aliphatic carboxylic acids is 1. The van der Waals surface area contributed by atoms with Gasteiger partial charge in [0.25, 0.3) is 0 Å². The van der Waals surface area contributed by atoms with Crippen molar-refractivity contribution in [3.63, 3.8) is 0 Å². The Balaban J connectivity index is 0. The van der Waals surface area contributed by atoms with Gasteiger partial charge in [-0.25, -0.2) is 0 Å². The van der Waals surface area contributed by atoms with Crippen molar-refractivity contribution in [1.82, 2.24) is 0 Å². The second-order valence-electron chi connectivity index (χ2n) is 5.72. The topological polar surface area (TPSA) is 40.1 Å². The van der Waals surface area contributed by atoms with E-state index in [1.165, 1.54) is 77.0 Å². The number of hydrogen-bond acceptors (Lipinski definition) is 2. The molecular weight excluding hydrogens is 322 g/mol. The molecule has 0 aliphatic rings. The molecule has 0 bridgehead atoms. The first-order chi connectivity index (χ1) is 9.27. The first-order valence-corrected chi connectivity index (χ1v) is 8.47. The summed E-state index contributed by atoms with van der Waals surface area (Å²) in [5, 5.41) is 10.2. The van der Waals surface area contributed by atoms with Gasteiger partial charge in [0.15, 0.2) is 0 Å². The van der Waals surface area contributed by atoms with Crippen molar-refractivity contribution in [1.29, 1.82) is 0 Å². The predicted octanol–water partition coefficient (Wildman–Crippen LogP) is 1.61. The van der Waals surface area contributed by atoms with Crippen LogP contribution in [0.5, 0.6) is 0 Å². The predicted molar refractivity (Wildman–Crippen MR) is 79.9 cm³/mol. The van der Waals surface area contributed by atoms with Crippen molar-refractivity contribution in [2.45, 2.75) is 103 Å². The van der Waals surface area contributed by atoms with Gasteiger partial charge in [0, 0.05) is 5.97 Å². The Morgan fingerprint density at radius 3 is 1.25 bits per heavy atom. The van der Waals surface area contributed by atoms with Crippen LogP contribution in [-0.4, -0.2) is 5.97 Å². The van der Waals surface area contributed by atoms with Gasteiger partial charge in [-0.05, 0) is 12.8 Å². The third-order valence-electron chi connectivity index (χ3n) is 3.73. The van der Waals surface area contributed by atoms with Crippen LogP contribution in [0.2, 0.25) is 0 Å². The summed E-state index contributed by atoms with van der Waals surface area (Å²) in [4.78, 5) is 10.2. The smallest absolute Gasteiger partial charge is 0.550 e. The number of carbonyl (C=O) groups excluding carboxylic acids is 1. The summed E-state index contributed by atoms with van der Waals surface area (Å²) >= 11 is 0. The second kappa shape index (κ2) is 20.3. The van der Waals surface area contributed by atoms with Crippen molar-refractivity contribution in [3.05, 3.63) is 0 Å². The van der Waals surface area contributed by atoms with Crippen LogP contribution >= 0.6 is 0 Å². The number of carbonyl (C=O) groups is 1. The molecule has 0 atom stereocenters. The normalized spacial score (nSPS) is 10.2. The SMILES string of the molecule is CCCCCCCCCCCCCCCCC(=O)[O-].[Rb+]. The molecule has 0 aliphatic heterocycles. The molecule has 0 radical (unpaired) electrons. The second-order valence-corrected chi connectivity index (χ2v) is 5.72. The molecule has 3 heteroatoms. The molecule has 0 fully saturated rings. The van der Waals surface area contributed by atoms with Gasteiger partial charge in [-0.15, -0.1) is 0 Å². The number of carboxylic acid groups (broad SMARTS) is 1. The van der Waals surface area contributed by atoms with Crippen LogP contribution in [0.15, 0.2) is 0 Å². The summed E-state index contributed by atoms with van der Waals surface area (Å²) < 4.78 is 0. The quantitative estimate of drug-likeness (QED) is 0.419. The molecule has 114 valence electrons. The first-order valence-electron chi connectivity index (χ1n) is 8.47. The van der Waals surface area contributed by atoms with E-state index in [9.17, 15) is 9.90 Å². The van der Waals surface area contributed by atoms with Gasteiger partial charge >= 0.3 is 58.2 Å². The minimum absolute atomic E-state index is 0. The van der Waals surface area contributed by atoms with Crippen molar-refractivity contribution in [2.75, 3.05) is 0 Å². The van der Waals surface area contributed by atoms with Crippen LogP contribution in [0.4, 0.5) is 0 Å². The monoisotopic (exact) mass is 354 g/mol. The Labute approximate surface area is 175 Å². The van der Waals surface area contributed by atoms with E-state index >= 15 is 0 Å². The van der Waals surface area contributed by atoms with Crippen LogP contribution in [0.1, 0.15) is 103 Å². The van der Waals surface area contributed by atoms with E-state index in [0.29, 0.717) is 0 Å². The summed E-state index contributed by atoms with van der Waals surface area (Å²) in [6.45, 7) is 2.26. The van der Waals surface area contributed by atoms with E-state index in [4.69, 9.17) is 0 Å². The molecule has 0 saturated carbocycles. The number of rotatable bonds is 15. The maximum Gasteiger partial charge on any atom is 1.00 e. The Hall–Kier alpha value is 1.28. The summed E-state index contributed by atoms with van der Waals surface area (Å²) in [6.07, 6.45) is 18.4. The molecule has 0 rings (SSSR count). The van der Waals surface area contributed by atoms with Crippen molar-refractivity contribution in [3.8, 4) is 0 Å². The number of hydrogen-bond donors (Lipinski definition) is 0. The third kappa shape index (κ3) is 21.6. The van der Waals surface area contributed by atoms with Crippen LogP contribution in [-0.2, 0) is 4.79 Å². The van der Waals surface area contributed by atoms with Crippen LogP contribution in [0.3, 0.4) is 0 Å². The maximum absolute atomic E-state index is 10.2. The standard InChI is InChI=1S/C17H34O2.Rb/c1-2-3-4-5-6-7-8-9-10-11-12-13-14-15-16-17(18)19;/h2-16H2,1H3,(H,18,19);/q;+1/p-1. The largest absolute Gasteiger partial charge is 1.00 e. The molecule has 0 N–H and O–H groups in total. The van der Waals surface area contributed by atoms with Crippen LogP contribution in [0, 0.1) is 0 Å². The van der Waals surface area contributed by atoms with E-state index in [0.717, 1.165) is 12.8 Å². The van der Waals surface area contributed by atoms with Crippen molar-refractivity contribution >= 4 is 5.97 Å². The fourth-order valence-corrected chi connectivity index (χ4v) is 2.46. The molecule has 0 aromatic rings. The molecule has 0 spiro atoms. The minimum Gasteiger partial charge on any atom is -0.550 e. The van der Waals surface area contributed by atoms with Gasteiger partial charge < -0.3 is 9.90 Å². The van der Waals surface area contributed by atoms with Crippen molar-refractivity contribution in [2.24, 2.45) is 0 Å². The van der Waals surface area contributed by atoms with E-state index < -0.39 is 5.97 Å². The average molecular weight is 355 g/mol. The minimum atomic E-state index is -0.904. The molecular formula is C17H33O2Rb. The molecule has 20 heavy (non-hydrogen) atoms. The van der Waals surface area contributed by atoms with Gasteiger partial charge in [0.05, 0.1) is 0 Å². The van der Waals surface area contributed by atoms with Gasteiger partial charge in [-0.1, -0.05) is 90.4 Å². The molecule has 0 unspecified atom stereocenters. The van der Waals surface area contributed by atoms with Crippen LogP contribution in [0.25, 0.3) is 0 Å². The zero-order valence-electron chi connectivity index (χ0n) is 13.9.